The summed E-state index contributed by atoms with van der Waals surface area (Å²) in [5, 5.41) is 5.98. The average molecular weight is 316 g/mol. The van der Waals surface area contributed by atoms with E-state index in [-0.39, 0.29) is 11.6 Å². The van der Waals surface area contributed by atoms with Crippen molar-refractivity contribution in [2.45, 2.75) is 13.1 Å². The number of anilines is 3. The summed E-state index contributed by atoms with van der Waals surface area (Å²) in [6.07, 6.45) is -4.44. The Morgan fingerprint density at radius 2 is 1.81 bits per heavy atom. The third kappa shape index (κ3) is 4.01. The van der Waals surface area contributed by atoms with E-state index in [1.54, 1.807) is 31.2 Å². The molecule has 0 aliphatic heterocycles. The van der Waals surface area contributed by atoms with Crippen molar-refractivity contribution in [3.8, 4) is 0 Å². The van der Waals surface area contributed by atoms with E-state index < -0.39 is 11.7 Å². The molecule has 0 amide bonds. The van der Waals surface area contributed by atoms with Crippen LogP contribution >= 0.6 is 11.6 Å². The molecule has 2 rings (SSSR count). The normalized spacial score (nSPS) is 11.3. The number of hydrogen-bond donors (Lipinski definition) is 2. The predicted octanol–water partition coefficient (Wildman–Crippen LogP) is 4.93. The smallest absolute Gasteiger partial charge is 0.370 e. The Hall–Kier alpha value is -1.95. The third-order valence-electron chi connectivity index (χ3n) is 2.65. The summed E-state index contributed by atoms with van der Waals surface area (Å²) in [6, 6.07) is 8.69. The second-order valence-corrected chi connectivity index (χ2v) is 4.67. The highest BCUT2D eigenvalue weighted by atomic mass is 35.5. The summed E-state index contributed by atoms with van der Waals surface area (Å²) in [5.74, 6) is 0.232. The van der Waals surface area contributed by atoms with Crippen LogP contribution in [0.2, 0.25) is 5.02 Å². The van der Waals surface area contributed by atoms with Gasteiger partial charge in [-0.1, -0.05) is 23.7 Å². The van der Waals surface area contributed by atoms with Gasteiger partial charge in [-0.15, -0.1) is 0 Å². The Morgan fingerprint density at radius 3 is 2.43 bits per heavy atom. The number of halogens is 4. The summed E-state index contributed by atoms with van der Waals surface area (Å²) >= 11 is 5.98. The average Bonchev–Trinajstić information content (AvgIpc) is 2.41. The molecule has 3 nitrogen and oxygen atoms in total. The highest BCUT2D eigenvalue weighted by Crippen LogP contribution is 2.33. The zero-order valence-corrected chi connectivity index (χ0v) is 11.9. The molecule has 2 aromatic rings. The van der Waals surface area contributed by atoms with Gasteiger partial charge in [-0.25, -0.2) is 4.98 Å². The minimum absolute atomic E-state index is 0.0777. The highest BCUT2D eigenvalue weighted by molar-refractivity contribution is 6.33. The van der Waals surface area contributed by atoms with Crippen LogP contribution in [-0.4, -0.2) is 11.5 Å². The van der Waals surface area contributed by atoms with Gasteiger partial charge in [0, 0.05) is 6.54 Å². The molecule has 2 N–H and O–H groups in total. The molecule has 0 saturated heterocycles. The molecule has 0 aliphatic rings. The van der Waals surface area contributed by atoms with Crippen LogP contribution in [0.15, 0.2) is 36.4 Å². The maximum Gasteiger partial charge on any atom is 0.416 e. The number of nitrogens with zero attached hydrogens (tertiary/aromatic N) is 1. The Bertz CT molecular complexity index is 629. The molecule has 0 saturated carbocycles. The number of hydrogen-bond acceptors (Lipinski definition) is 3. The van der Waals surface area contributed by atoms with Crippen LogP contribution in [0.4, 0.5) is 30.5 Å². The summed E-state index contributed by atoms with van der Waals surface area (Å²) < 4.78 is 38.7. The second-order valence-electron chi connectivity index (χ2n) is 4.26. The predicted molar refractivity (Wildman–Crippen MR) is 78.1 cm³/mol. The fourth-order valence-corrected chi connectivity index (χ4v) is 1.91. The first-order valence-electron chi connectivity index (χ1n) is 6.25. The Kier molecular flexibility index (Phi) is 4.57. The Morgan fingerprint density at radius 1 is 1.14 bits per heavy atom. The Balaban J connectivity index is 2.38. The lowest BCUT2D eigenvalue weighted by Crippen LogP contribution is -2.09. The van der Waals surface area contributed by atoms with Gasteiger partial charge in [-0.2, -0.15) is 13.2 Å². The number of nitrogens with one attached hydrogen (secondary N) is 2. The maximum absolute atomic E-state index is 12.9. The molecule has 0 atom stereocenters. The van der Waals surface area contributed by atoms with Crippen LogP contribution in [0, 0.1) is 0 Å². The van der Waals surface area contributed by atoms with E-state index in [9.17, 15) is 13.2 Å². The van der Waals surface area contributed by atoms with E-state index >= 15 is 0 Å². The first-order chi connectivity index (χ1) is 9.90. The van der Waals surface area contributed by atoms with Crippen molar-refractivity contribution < 1.29 is 13.2 Å². The molecular weight excluding hydrogens is 303 g/mol. The first kappa shape index (κ1) is 15.4. The van der Waals surface area contributed by atoms with Crippen LogP contribution in [0.1, 0.15) is 12.5 Å². The SMILES string of the molecule is CCNc1cc(C(F)(F)F)cc(Nc2ccccc2Cl)n1. The van der Waals surface area contributed by atoms with Crippen molar-refractivity contribution in [1.29, 1.82) is 0 Å². The lowest BCUT2D eigenvalue weighted by molar-refractivity contribution is -0.137. The number of benzene rings is 1. The van der Waals surface area contributed by atoms with E-state index in [4.69, 9.17) is 11.6 Å². The van der Waals surface area contributed by atoms with Crippen molar-refractivity contribution >= 4 is 28.9 Å². The van der Waals surface area contributed by atoms with Crippen LogP contribution in [0.3, 0.4) is 0 Å². The van der Waals surface area contributed by atoms with Gasteiger partial charge in [0.1, 0.15) is 11.6 Å². The molecule has 112 valence electrons. The fourth-order valence-electron chi connectivity index (χ4n) is 1.73. The van der Waals surface area contributed by atoms with E-state index in [1.165, 1.54) is 0 Å². The fraction of sp³-hybridized carbons (Fsp3) is 0.214. The number of para-hydroxylation sites is 1. The van der Waals surface area contributed by atoms with Crippen molar-refractivity contribution in [1.82, 2.24) is 4.98 Å². The molecule has 0 fully saturated rings. The van der Waals surface area contributed by atoms with Crippen LogP contribution in [-0.2, 0) is 6.18 Å². The van der Waals surface area contributed by atoms with Gasteiger partial charge >= 0.3 is 6.18 Å². The molecule has 1 heterocycles. The zero-order chi connectivity index (χ0) is 15.5. The molecule has 21 heavy (non-hydrogen) atoms. The van der Waals surface area contributed by atoms with Crippen molar-refractivity contribution in [2.75, 3.05) is 17.2 Å². The minimum Gasteiger partial charge on any atom is -0.370 e. The summed E-state index contributed by atoms with van der Waals surface area (Å²) in [4.78, 5) is 4.09. The van der Waals surface area contributed by atoms with Gasteiger partial charge in [-0.05, 0) is 31.2 Å². The topological polar surface area (TPSA) is 37.0 Å². The Labute approximate surface area is 125 Å². The van der Waals surface area contributed by atoms with E-state index in [0.29, 0.717) is 17.3 Å². The molecule has 7 heteroatoms. The minimum atomic E-state index is -4.44. The number of aromatic nitrogens is 1. The molecular formula is C14H13ClF3N3. The van der Waals surface area contributed by atoms with Gasteiger partial charge in [-0.3, -0.25) is 0 Å². The third-order valence-corrected chi connectivity index (χ3v) is 2.98. The largest absolute Gasteiger partial charge is 0.416 e. The molecule has 0 aliphatic carbocycles. The van der Waals surface area contributed by atoms with Gasteiger partial charge in [0.05, 0.1) is 16.3 Å². The quantitative estimate of drug-likeness (QED) is 0.840. The summed E-state index contributed by atoms with van der Waals surface area (Å²) in [6.45, 7) is 2.25. The molecule has 1 aromatic heterocycles. The lowest BCUT2D eigenvalue weighted by atomic mass is 10.2. The maximum atomic E-state index is 12.9. The number of rotatable bonds is 4. The van der Waals surface area contributed by atoms with Gasteiger partial charge in [0.25, 0.3) is 0 Å². The molecule has 0 radical (unpaired) electrons. The van der Waals surface area contributed by atoms with Crippen LogP contribution in [0.25, 0.3) is 0 Å². The highest BCUT2D eigenvalue weighted by Gasteiger charge is 2.31. The molecule has 1 aromatic carbocycles. The van der Waals surface area contributed by atoms with Gasteiger partial charge in [0.15, 0.2) is 0 Å². The summed E-state index contributed by atoms with van der Waals surface area (Å²) in [5.41, 5.74) is -0.281. The molecule has 0 spiro atoms. The zero-order valence-electron chi connectivity index (χ0n) is 11.1. The van der Waals surface area contributed by atoms with Crippen LogP contribution in [0.5, 0.6) is 0 Å². The number of pyridine rings is 1. The molecule has 0 bridgehead atoms. The van der Waals surface area contributed by atoms with Gasteiger partial charge in [0.2, 0.25) is 0 Å². The van der Waals surface area contributed by atoms with Crippen molar-refractivity contribution in [2.24, 2.45) is 0 Å². The van der Waals surface area contributed by atoms with Crippen LogP contribution < -0.4 is 10.6 Å². The van der Waals surface area contributed by atoms with Crippen molar-refractivity contribution in [3.05, 3.63) is 47.0 Å². The summed E-state index contributed by atoms with van der Waals surface area (Å²) in [7, 11) is 0. The first-order valence-corrected chi connectivity index (χ1v) is 6.62. The van der Waals surface area contributed by atoms with E-state index in [1.807, 2.05) is 0 Å². The lowest BCUT2D eigenvalue weighted by Gasteiger charge is -2.13. The molecule has 0 unspecified atom stereocenters. The van der Waals surface area contributed by atoms with Gasteiger partial charge < -0.3 is 10.6 Å². The number of alkyl halides is 3. The second kappa shape index (κ2) is 6.22. The van der Waals surface area contributed by atoms with E-state index in [0.717, 1.165) is 12.1 Å². The van der Waals surface area contributed by atoms with Crippen molar-refractivity contribution in [3.63, 3.8) is 0 Å². The monoisotopic (exact) mass is 315 g/mol. The van der Waals surface area contributed by atoms with E-state index in [2.05, 4.69) is 15.6 Å². The standard InChI is InChI=1S/C14H13ClF3N3/c1-2-19-12-7-9(14(16,17)18)8-13(21-12)20-11-6-4-3-5-10(11)15/h3-8H,2H2,1H3,(H2,19,20,21).